The molecule has 0 bridgehead atoms. The van der Waals surface area contributed by atoms with Crippen molar-refractivity contribution >= 4 is 23.3 Å². The maximum Gasteiger partial charge on any atom is 0.354 e. The van der Waals surface area contributed by atoms with Gasteiger partial charge < -0.3 is 10.0 Å². The first-order valence-corrected chi connectivity index (χ1v) is 6.77. The van der Waals surface area contributed by atoms with Crippen molar-refractivity contribution in [1.29, 1.82) is 0 Å². The number of rotatable bonds is 5. The number of hydrogen-bond acceptors (Lipinski definition) is 5. The summed E-state index contributed by atoms with van der Waals surface area (Å²) in [4.78, 5) is 22.2. The lowest BCUT2D eigenvalue weighted by Gasteiger charge is -2.24. The molecular formula is C13H15N3O2S. The molecule has 100 valence electrons. The molecule has 1 atom stereocenters. The molecule has 0 amide bonds. The smallest absolute Gasteiger partial charge is 0.354 e. The van der Waals surface area contributed by atoms with E-state index in [0.29, 0.717) is 5.95 Å². The fraction of sp³-hybridized carbons (Fsp3) is 0.308. The number of carboxylic acids is 1. The van der Waals surface area contributed by atoms with Gasteiger partial charge in [0.25, 0.3) is 0 Å². The highest BCUT2D eigenvalue weighted by Gasteiger charge is 2.15. The molecule has 0 aliphatic carbocycles. The SMILES string of the molecule is CC(Cc1cccs1)N(C)c1nccc(C(=O)O)n1. The topological polar surface area (TPSA) is 66.3 Å². The summed E-state index contributed by atoms with van der Waals surface area (Å²) in [5, 5.41) is 11.0. The predicted octanol–water partition coefficient (Wildman–Crippen LogP) is 2.30. The van der Waals surface area contributed by atoms with Gasteiger partial charge in [-0.05, 0) is 24.4 Å². The number of anilines is 1. The average Bonchev–Trinajstić information content (AvgIpc) is 2.90. The quantitative estimate of drug-likeness (QED) is 0.908. The molecule has 0 saturated carbocycles. The maximum absolute atomic E-state index is 10.9. The molecule has 0 aliphatic rings. The number of aromatic nitrogens is 2. The Kier molecular flexibility index (Phi) is 4.11. The zero-order valence-corrected chi connectivity index (χ0v) is 11.6. The van der Waals surface area contributed by atoms with Crippen molar-refractivity contribution in [2.75, 3.05) is 11.9 Å². The van der Waals surface area contributed by atoms with E-state index in [0.717, 1.165) is 6.42 Å². The Morgan fingerprint density at radius 1 is 1.53 bits per heavy atom. The molecule has 0 saturated heterocycles. The lowest BCUT2D eigenvalue weighted by Crippen LogP contribution is -2.32. The first kappa shape index (κ1) is 13.5. The summed E-state index contributed by atoms with van der Waals surface area (Å²) in [7, 11) is 1.87. The Morgan fingerprint density at radius 3 is 2.95 bits per heavy atom. The van der Waals surface area contributed by atoms with Gasteiger partial charge in [-0.1, -0.05) is 6.07 Å². The Labute approximate surface area is 115 Å². The van der Waals surface area contributed by atoms with Gasteiger partial charge in [0.05, 0.1) is 0 Å². The van der Waals surface area contributed by atoms with E-state index >= 15 is 0 Å². The Hall–Kier alpha value is -1.95. The van der Waals surface area contributed by atoms with E-state index in [9.17, 15) is 4.79 Å². The minimum absolute atomic E-state index is 0.0140. The van der Waals surface area contributed by atoms with Gasteiger partial charge in [0.15, 0.2) is 5.69 Å². The standard InChI is InChI=1S/C13H15N3O2S/c1-9(8-10-4-3-7-19-10)16(2)13-14-6-5-11(15-13)12(17)18/h3-7,9H,8H2,1-2H3,(H,17,18). The Bertz CT molecular complexity index is 557. The summed E-state index contributed by atoms with van der Waals surface area (Å²) >= 11 is 1.71. The summed E-state index contributed by atoms with van der Waals surface area (Å²) in [6.45, 7) is 2.07. The molecule has 19 heavy (non-hydrogen) atoms. The molecule has 2 rings (SSSR count). The molecule has 0 radical (unpaired) electrons. The number of thiophene rings is 1. The zero-order chi connectivity index (χ0) is 13.8. The van der Waals surface area contributed by atoms with Crippen molar-refractivity contribution in [2.45, 2.75) is 19.4 Å². The summed E-state index contributed by atoms with van der Waals surface area (Å²) in [6.07, 6.45) is 2.36. The van der Waals surface area contributed by atoms with Crippen molar-refractivity contribution in [3.63, 3.8) is 0 Å². The maximum atomic E-state index is 10.9. The van der Waals surface area contributed by atoms with Crippen LogP contribution in [0.25, 0.3) is 0 Å². The number of likely N-dealkylation sites (N-methyl/N-ethyl adjacent to an activating group) is 1. The predicted molar refractivity (Wildman–Crippen MR) is 74.9 cm³/mol. The molecule has 1 N–H and O–H groups in total. The summed E-state index contributed by atoms with van der Waals surface area (Å²) in [6, 6.07) is 5.70. The second-order valence-electron chi connectivity index (χ2n) is 4.29. The van der Waals surface area contributed by atoms with Gasteiger partial charge in [-0.3, -0.25) is 0 Å². The molecular weight excluding hydrogens is 262 g/mol. The van der Waals surface area contributed by atoms with Crippen LogP contribution in [0.3, 0.4) is 0 Å². The molecule has 1 unspecified atom stereocenters. The van der Waals surface area contributed by atoms with Crippen LogP contribution in [0.4, 0.5) is 5.95 Å². The van der Waals surface area contributed by atoms with Crippen LogP contribution < -0.4 is 4.90 Å². The fourth-order valence-corrected chi connectivity index (χ4v) is 2.52. The highest BCUT2D eigenvalue weighted by atomic mass is 32.1. The minimum Gasteiger partial charge on any atom is -0.477 e. The molecule has 5 nitrogen and oxygen atoms in total. The van der Waals surface area contributed by atoms with Crippen LogP contribution in [0.5, 0.6) is 0 Å². The normalized spacial score (nSPS) is 12.1. The van der Waals surface area contributed by atoms with Crippen LogP contribution in [0.1, 0.15) is 22.3 Å². The van der Waals surface area contributed by atoms with E-state index in [-0.39, 0.29) is 11.7 Å². The lowest BCUT2D eigenvalue weighted by atomic mass is 10.2. The molecule has 0 spiro atoms. The van der Waals surface area contributed by atoms with Gasteiger partial charge in [0.1, 0.15) is 0 Å². The van der Waals surface area contributed by atoms with E-state index in [1.165, 1.54) is 17.1 Å². The number of nitrogens with zero attached hydrogens (tertiary/aromatic N) is 3. The van der Waals surface area contributed by atoms with E-state index in [1.807, 2.05) is 23.4 Å². The summed E-state index contributed by atoms with van der Waals surface area (Å²) in [5.41, 5.74) is 0.0140. The van der Waals surface area contributed by atoms with E-state index < -0.39 is 5.97 Å². The molecule has 2 aromatic rings. The van der Waals surface area contributed by atoms with Crippen LogP contribution in [0.15, 0.2) is 29.8 Å². The van der Waals surface area contributed by atoms with E-state index in [1.54, 1.807) is 11.3 Å². The van der Waals surface area contributed by atoms with Crippen LogP contribution in [0.2, 0.25) is 0 Å². The zero-order valence-electron chi connectivity index (χ0n) is 10.8. The van der Waals surface area contributed by atoms with Crippen molar-refractivity contribution in [3.05, 3.63) is 40.3 Å². The van der Waals surface area contributed by atoms with E-state index in [4.69, 9.17) is 5.11 Å². The van der Waals surface area contributed by atoms with Gasteiger partial charge in [0, 0.05) is 30.6 Å². The number of hydrogen-bond donors (Lipinski definition) is 1. The fourth-order valence-electron chi connectivity index (χ4n) is 1.69. The van der Waals surface area contributed by atoms with Crippen LogP contribution in [0, 0.1) is 0 Å². The number of carboxylic acid groups (broad SMARTS) is 1. The second-order valence-corrected chi connectivity index (χ2v) is 5.32. The third-order valence-electron chi connectivity index (χ3n) is 2.92. The Balaban J connectivity index is 2.12. The highest BCUT2D eigenvalue weighted by molar-refractivity contribution is 7.09. The second kappa shape index (κ2) is 5.79. The first-order valence-electron chi connectivity index (χ1n) is 5.89. The van der Waals surface area contributed by atoms with Gasteiger partial charge >= 0.3 is 5.97 Å². The van der Waals surface area contributed by atoms with Crippen molar-refractivity contribution in [1.82, 2.24) is 9.97 Å². The van der Waals surface area contributed by atoms with Gasteiger partial charge in [-0.25, -0.2) is 14.8 Å². The third kappa shape index (κ3) is 3.29. The Morgan fingerprint density at radius 2 is 2.32 bits per heavy atom. The van der Waals surface area contributed by atoms with Crippen LogP contribution >= 0.6 is 11.3 Å². The summed E-state index contributed by atoms with van der Waals surface area (Å²) < 4.78 is 0. The average molecular weight is 277 g/mol. The number of aromatic carboxylic acids is 1. The molecule has 2 aromatic heterocycles. The van der Waals surface area contributed by atoms with E-state index in [2.05, 4.69) is 23.0 Å². The summed E-state index contributed by atoms with van der Waals surface area (Å²) in [5.74, 6) is -0.605. The van der Waals surface area contributed by atoms with Crippen LogP contribution in [-0.4, -0.2) is 34.1 Å². The lowest BCUT2D eigenvalue weighted by molar-refractivity contribution is 0.0690. The molecule has 0 aromatic carbocycles. The minimum atomic E-state index is -1.04. The largest absolute Gasteiger partial charge is 0.477 e. The highest BCUT2D eigenvalue weighted by Crippen LogP contribution is 2.16. The first-order chi connectivity index (χ1) is 9.08. The molecule has 0 aliphatic heterocycles. The van der Waals surface area contributed by atoms with Crippen LogP contribution in [-0.2, 0) is 6.42 Å². The molecule has 6 heteroatoms. The monoisotopic (exact) mass is 277 g/mol. The molecule has 0 fully saturated rings. The van der Waals surface area contributed by atoms with Crippen molar-refractivity contribution in [2.24, 2.45) is 0 Å². The third-order valence-corrected chi connectivity index (χ3v) is 3.81. The van der Waals surface area contributed by atoms with Crippen molar-refractivity contribution in [3.8, 4) is 0 Å². The number of carbonyl (C=O) groups is 1. The van der Waals surface area contributed by atoms with Crippen molar-refractivity contribution < 1.29 is 9.90 Å². The van der Waals surface area contributed by atoms with Gasteiger partial charge in [-0.15, -0.1) is 11.3 Å². The van der Waals surface area contributed by atoms with Gasteiger partial charge in [0.2, 0.25) is 5.95 Å². The molecule has 2 heterocycles. The van der Waals surface area contributed by atoms with Gasteiger partial charge in [-0.2, -0.15) is 0 Å².